The van der Waals surface area contributed by atoms with Gasteiger partial charge in [0, 0.05) is 10.9 Å². The molecule has 0 atom stereocenters. The quantitative estimate of drug-likeness (QED) is 0.750. The molecule has 2 aromatic carbocycles. The number of fused-ring (bicyclic) bond motifs is 1. The van der Waals surface area contributed by atoms with Crippen LogP contribution in [-0.2, 0) is 6.42 Å². The molecule has 0 bridgehead atoms. The highest BCUT2D eigenvalue weighted by Crippen LogP contribution is 2.28. The van der Waals surface area contributed by atoms with Crippen molar-refractivity contribution in [2.24, 2.45) is 0 Å². The smallest absolute Gasteiger partial charge is 0.215 e. The van der Waals surface area contributed by atoms with Crippen molar-refractivity contribution in [2.45, 2.75) is 27.2 Å². The standard InChI is InChI=1S/C19H19N3O/c1-4-13-7-9-14(10-8-13)19(23)18-16(20)15-11(2)5-6-12(3)17(15)21-22-18/h5-10H,4H2,1-3H3,(H2,20,21). The summed E-state index contributed by atoms with van der Waals surface area (Å²) in [4.78, 5) is 12.7. The van der Waals surface area contributed by atoms with Gasteiger partial charge in [0.1, 0.15) is 0 Å². The van der Waals surface area contributed by atoms with Crippen LogP contribution in [0.25, 0.3) is 10.9 Å². The summed E-state index contributed by atoms with van der Waals surface area (Å²) in [6.45, 7) is 6.00. The molecule has 3 aromatic rings. The molecule has 0 saturated heterocycles. The van der Waals surface area contributed by atoms with E-state index in [4.69, 9.17) is 5.73 Å². The average Bonchev–Trinajstić information content (AvgIpc) is 2.57. The Bertz CT molecular complexity index is 899. The van der Waals surface area contributed by atoms with Crippen molar-refractivity contribution in [1.29, 1.82) is 0 Å². The number of carbonyl (C=O) groups excluding carboxylic acids is 1. The van der Waals surface area contributed by atoms with Gasteiger partial charge < -0.3 is 5.73 Å². The maximum absolute atomic E-state index is 12.7. The number of nitrogens with zero attached hydrogens (tertiary/aromatic N) is 2. The molecule has 0 saturated carbocycles. The van der Waals surface area contributed by atoms with E-state index in [1.165, 1.54) is 5.56 Å². The number of nitrogens with two attached hydrogens (primary N) is 1. The van der Waals surface area contributed by atoms with Crippen LogP contribution in [-0.4, -0.2) is 16.0 Å². The fourth-order valence-electron chi connectivity index (χ4n) is 2.73. The molecule has 2 N–H and O–H groups in total. The molecule has 0 spiro atoms. The SMILES string of the molecule is CCc1ccc(C(=O)c2nnc3c(C)ccc(C)c3c2N)cc1. The fraction of sp³-hybridized carbons (Fsp3) is 0.211. The Morgan fingerprint density at radius 2 is 1.65 bits per heavy atom. The Hall–Kier alpha value is -2.75. The van der Waals surface area contributed by atoms with Crippen molar-refractivity contribution >= 4 is 22.4 Å². The molecule has 0 amide bonds. The van der Waals surface area contributed by atoms with Crippen LogP contribution in [0, 0.1) is 13.8 Å². The van der Waals surface area contributed by atoms with Crippen molar-refractivity contribution in [3.63, 3.8) is 0 Å². The normalized spacial score (nSPS) is 10.9. The molecule has 116 valence electrons. The van der Waals surface area contributed by atoms with Crippen molar-refractivity contribution in [3.05, 3.63) is 64.3 Å². The van der Waals surface area contributed by atoms with Crippen molar-refractivity contribution in [2.75, 3.05) is 5.73 Å². The topological polar surface area (TPSA) is 68.9 Å². The Labute approximate surface area is 135 Å². The van der Waals surface area contributed by atoms with Crippen molar-refractivity contribution in [1.82, 2.24) is 10.2 Å². The van der Waals surface area contributed by atoms with Crippen LogP contribution in [0.4, 0.5) is 5.69 Å². The first-order valence-electron chi connectivity index (χ1n) is 7.68. The zero-order chi connectivity index (χ0) is 16.6. The van der Waals surface area contributed by atoms with Crippen LogP contribution < -0.4 is 5.73 Å². The predicted molar refractivity (Wildman–Crippen MR) is 92.7 cm³/mol. The molecule has 0 radical (unpaired) electrons. The van der Waals surface area contributed by atoms with E-state index >= 15 is 0 Å². The summed E-state index contributed by atoms with van der Waals surface area (Å²) < 4.78 is 0. The molecule has 0 aliphatic heterocycles. The lowest BCUT2D eigenvalue weighted by Crippen LogP contribution is -2.11. The van der Waals surface area contributed by atoms with Gasteiger partial charge in [0.15, 0.2) is 5.69 Å². The summed E-state index contributed by atoms with van der Waals surface area (Å²) in [5, 5.41) is 9.15. The Morgan fingerprint density at radius 3 is 2.30 bits per heavy atom. The molecule has 1 aromatic heterocycles. The van der Waals surface area contributed by atoms with Gasteiger partial charge in [-0.05, 0) is 37.0 Å². The molecule has 0 unspecified atom stereocenters. The van der Waals surface area contributed by atoms with Crippen LogP contribution >= 0.6 is 0 Å². The second-order valence-electron chi connectivity index (χ2n) is 5.76. The Morgan fingerprint density at radius 1 is 1.00 bits per heavy atom. The number of nitrogen functional groups attached to an aromatic ring is 1. The molecule has 0 aliphatic carbocycles. The van der Waals surface area contributed by atoms with Crippen LogP contribution in [0.3, 0.4) is 0 Å². The Balaban J connectivity index is 2.14. The van der Waals surface area contributed by atoms with Gasteiger partial charge in [-0.3, -0.25) is 4.79 Å². The van der Waals surface area contributed by atoms with E-state index in [1.54, 1.807) is 0 Å². The molecular weight excluding hydrogens is 286 g/mol. The molecule has 0 fully saturated rings. The van der Waals surface area contributed by atoms with E-state index in [-0.39, 0.29) is 11.5 Å². The van der Waals surface area contributed by atoms with E-state index in [0.29, 0.717) is 11.3 Å². The monoisotopic (exact) mass is 305 g/mol. The van der Waals surface area contributed by atoms with Gasteiger partial charge in [0.2, 0.25) is 5.78 Å². The Kier molecular flexibility index (Phi) is 3.82. The van der Waals surface area contributed by atoms with Crippen LogP contribution in [0.2, 0.25) is 0 Å². The molecule has 3 rings (SSSR count). The number of benzene rings is 2. The first kappa shape index (κ1) is 15.2. The van der Waals surface area contributed by atoms with E-state index < -0.39 is 0 Å². The number of anilines is 1. The zero-order valence-corrected chi connectivity index (χ0v) is 13.6. The number of ketones is 1. The van der Waals surface area contributed by atoms with E-state index in [1.807, 2.05) is 50.2 Å². The lowest BCUT2D eigenvalue weighted by Gasteiger charge is -2.10. The van der Waals surface area contributed by atoms with Gasteiger partial charge in [-0.15, -0.1) is 10.2 Å². The highest BCUT2D eigenvalue weighted by Gasteiger charge is 2.18. The molecular formula is C19H19N3O. The molecule has 4 heteroatoms. The second kappa shape index (κ2) is 5.80. The molecule has 1 heterocycles. The maximum Gasteiger partial charge on any atom is 0.215 e. The van der Waals surface area contributed by atoms with Crippen molar-refractivity contribution in [3.8, 4) is 0 Å². The maximum atomic E-state index is 12.7. The minimum Gasteiger partial charge on any atom is -0.396 e. The van der Waals surface area contributed by atoms with E-state index in [2.05, 4.69) is 17.1 Å². The number of aromatic nitrogens is 2. The van der Waals surface area contributed by atoms with Gasteiger partial charge >= 0.3 is 0 Å². The lowest BCUT2D eigenvalue weighted by atomic mass is 10.00. The summed E-state index contributed by atoms with van der Waals surface area (Å²) in [5.41, 5.74) is 11.4. The first-order valence-corrected chi connectivity index (χ1v) is 7.68. The number of carbonyl (C=O) groups is 1. The van der Waals surface area contributed by atoms with Crippen molar-refractivity contribution < 1.29 is 4.79 Å². The first-order chi connectivity index (χ1) is 11.0. The van der Waals surface area contributed by atoms with Gasteiger partial charge in [-0.2, -0.15) is 0 Å². The summed E-state index contributed by atoms with van der Waals surface area (Å²) >= 11 is 0. The number of hydrogen-bond acceptors (Lipinski definition) is 4. The summed E-state index contributed by atoms with van der Waals surface area (Å²) in [6, 6.07) is 11.5. The molecule has 4 nitrogen and oxygen atoms in total. The molecule has 0 aliphatic rings. The van der Waals surface area contributed by atoms with Gasteiger partial charge in [0.25, 0.3) is 0 Å². The third-order valence-corrected chi connectivity index (χ3v) is 4.20. The molecule has 23 heavy (non-hydrogen) atoms. The third kappa shape index (κ3) is 2.57. The minimum absolute atomic E-state index is 0.194. The summed E-state index contributed by atoms with van der Waals surface area (Å²) in [7, 11) is 0. The van der Waals surface area contributed by atoms with E-state index in [9.17, 15) is 4.79 Å². The van der Waals surface area contributed by atoms with Gasteiger partial charge in [0.05, 0.1) is 11.2 Å². The lowest BCUT2D eigenvalue weighted by molar-refractivity contribution is 0.103. The number of hydrogen-bond donors (Lipinski definition) is 1. The summed E-state index contributed by atoms with van der Waals surface area (Å²) in [5.74, 6) is -0.194. The van der Waals surface area contributed by atoms with Crippen LogP contribution in [0.1, 0.15) is 39.7 Å². The number of aryl methyl sites for hydroxylation is 3. The average molecular weight is 305 g/mol. The van der Waals surface area contributed by atoms with E-state index in [0.717, 1.165) is 28.5 Å². The van der Waals surface area contributed by atoms with Gasteiger partial charge in [-0.25, -0.2) is 0 Å². The second-order valence-corrected chi connectivity index (χ2v) is 5.76. The predicted octanol–water partition coefficient (Wildman–Crippen LogP) is 3.62. The third-order valence-electron chi connectivity index (χ3n) is 4.20. The highest BCUT2D eigenvalue weighted by molar-refractivity contribution is 6.14. The van der Waals surface area contributed by atoms with Crippen LogP contribution in [0.5, 0.6) is 0 Å². The highest BCUT2D eigenvalue weighted by atomic mass is 16.1. The zero-order valence-electron chi connectivity index (χ0n) is 13.6. The largest absolute Gasteiger partial charge is 0.396 e. The van der Waals surface area contributed by atoms with Gasteiger partial charge in [-0.1, -0.05) is 43.3 Å². The minimum atomic E-state index is -0.194. The summed E-state index contributed by atoms with van der Waals surface area (Å²) in [6.07, 6.45) is 0.935. The van der Waals surface area contributed by atoms with Crippen LogP contribution in [0.15, 0.2) is 36.4 Å². The fourth-order valence-corrected chi connectivity index (χ4v) is 2.73. The number of rotatable bonds is 3.